The molecule has 1 aromatic rings. The fraction of sp³-hybridized carbons (Fsp3) is 0.812. The molecule has 1 unspecified atom stereocenters. The zero-order valence-corrected chi connectivity index (χ0v) is 12.6. The fourth-order valence-electron chi connectivity index (χ4n) is 3.24. The first-order valence-electron chi connectivity index (χ1n) is 8.10. The SMILES string of the molecule is CCCNC(CC1CCCC1)c1ccnn1CCC. The molecule has 19 heavy (non-hydrogen) atoms. The number of rotatable bonds is 8. The summed E-state index contributed by atoms with van der Waals surface area (Å²) in [6.45, 7) is 6.60. The van der Waals surface area contributed by atoms with Gasteiger partial charge in [-0.25, -0.2) is 0 Å². The number of nitrogens with zero attached hydrogens (tertiary/aromatic N) is 2. The maximum Gasteiger partial charge on any atom is 0.0553 e. The lowest BCUT2D eigenvalue weighted by molar-refractivity contribution is 0.373. The molecule has 1 aliphatic rings. The van der Waals surface area contributed by atoms with Gasteiger partial charge in [0.2, 0.25) is 0 Å². The third kappa shape index (κ3) is 4.07. The maximum atomic E-state index is 4.49. The van der Waals surface area contributed by atoms with Crippen molar-refractivity contribution in [3.8, 4) is 0 Å². The minimum absolute atomic E-state index is 0.497. The van der Waals surface area contributed by atoms with Crippen molar-refractivity contribution >= 4 is 0 Å². The standard InChI is InChI=1S/C16H29N3/c1-3-10-17-15(13-14-7-5-6-8-14)16-9-11-18-19(16)12-4-2/h9,11,14-15,17H,3-8,10,12-13H2,1-2H3. The Morgan fingerprint density at radius 1 is 1.32 bits per heavy atom. The molecule has 1 heterocycles. The Labute approximate surface area is 117 Å². The first kappa shape index (κ1) is 14.6. The van der Waals surface area contributed by atoms with Crippen molar-refractivity contribution in [2.75, 3.05) is 6.54 Å². The summed E-state index contributed by atoms with van der Waals surface area (Å²) >= 11 is 0. The van der Waals surface area contributed by atoms with Crippen LogP contribution in [0.1, 0.15) is 70.5 Å². The van der Waals surface area contributed by atoms with Crippen LogP contribution in [0.2, 0.25) is 0 Å². The summed E-state index contributed by atoms with van der Waals surface area (Å²) in [6, 6.07) is 2.70. The lowest BCUT2D eigenvalue weighted by Gasteiger charge is -2.23. The van der Waals surface area contributed by atoms with E-state index in [4.69, 9.17) is 0 Å². The van der Waals surface area contributed by atoms with Crippen LogP contribution >= 0.6 is 0 Å². The Morgan fingerprint density at radius 2 is 2.11 bits per heavy atom. The van der Waals surface area contributed by atoms with E-state index >= 15 is 0 Å². The van der Waals surface area contributed by atoms with Gasteiger partial charge in [-0.2, -0.15) is 5.10 Å². The molecule has 1 saturated carbocycles. The number of hydrogen-bond donors (Lipinski definition) is 1. The summed E-state index contributed by atoms with van der Waals surface area (Å²) in [5.74, 6) is 0.916. The molecule has 1 fully saturated rings. The molecule has 1 atom stereocenters. The van der Waals surface area contributed by atoms with E-state index in [1.165, 1.54) is 44.2 Å². The van der Waals surface area contributed by atoms with E-state index in [9.17, 15) is 0 Å². The highest BCUT2D eigenvalue weighted by Crippen LogP contribution is 2.33. The first-order valence-corrected chi connectivity index (χ1v) is 8.10. The Kier molecular flexibility index (Phi) is 5.90. The molecule has 0 spiro atoms. The van der Waals surface area contributed by atoms with Gasteiger partial charge in [0.1, 0.15) is 0 Å². The van der Waals surface area contributed by atoms with Gasteiger partial charge in [0.25, 0.3) is 0 Å². The predicted octanol–water partition coefficient (Wildman–Crippen LogP) is 3.91. The molecule has 0 amide bonds. The van der Waals surface area contributed by atoms with Crippen LogP contribution < -0.4 is 5.32 Å². The molecule has 1 N–H and O–H groups in total. The van der Waals surface area contributed by atoms with Crippen LogP contribution in [-0.2, 0) is 6.54 Å². The van der Waals surface area contributed by atoms with Gasteiger partial charge in [-0.3, -0.25) is 4.68 Å². The summed E-state index contributed by atoms with van der Waals surface area (Å²) in [4.78, 5) is 0. The molecule has 1 aliphatic carbocycles. The predicted molar refractivity (Wildman–Crippen MR) is 80.1 cm³/mol. The monoisotopic (exact) mass is 263 g/mol. The number of aromatic nitrogens is 2. The minimum atomic E-state index is 0.497. The van der Waals surface area contributed by atoms with Crippen molar-refractivity contribution in [3.05, 3.63) is 18.0 Å². The molecule has 1 aromatic heterocycles. The summed E-state index contributed by atoms with van der Waals surface area (Å²) in [6.07, 6.45) is 11.3. The Hall–Kier alpha value is -0.830. The van der Waals surface area contributed by atoms with E-state index in [1.807, 2.05) is 6.20 Å². The summed E-state index contributed by atoms with van der Waals surface area (Å²) in [7, 11) is 0. The van der Waals surface area contributed by atoms with Crippen molar-refractivity contribution in [1.82, 2.24) is 15.1 Å². The average molecular weight is 263 g/mol. The van der Waals surface area contributed by atoms with Crippen LogP contribution in [0, 0.1) is 5.92 Å². The van der Waals surface area contributed by atoms with Gasteiger partial charge in [-0.15, -0.1) is 0 Å². The van der Waals surface area contributed by atoms with Gasteiger partial charge in [-0.1, -0.05) is 39.5 Å². The topological polar surface area (TPSA) is 29.9 Å². The van der Waals surface area contributed by atoms with Gasteiger partial charge in [0.05, 0.1) is 5.69 Å². The van der Waals surface area contributed by atoms with Crippen molar-refractivity contribution in [2.24, 2.45) is 5.92 Å². The summed E-state index contributed by atoms with van der Waals surface area (Å²) in [5.41, 5.74) is 1.39. The number of hydrogen-bond acceptors (Lipinski definition) is 2. The molecule has 108 valence electrons. The van der Waals surface area contributed by atoms with Crippen molar-refractivity contribution in [3.63, 3.8) is 0 Å². The van der Waals surface area contributed by atoms with Crippen LogP contribution in [0.3, 0.4) is 0 Å². The Morgan fingerprint density at radius 3 is 2.79 bits per heavy atom. The van der Waals surface area contributed by atoms with Crippen LogP contribution in [0.5, 0.6) is 0 Å². The highest BCUT2D eigenvalue weighted by atomic mass is 15.3. The molecule has 2 rings (SSSR count). The van der Waals surface area contributed by atoms with Crippen molar-refractivity contribution < 1.29 is 0 Å². The second-order valence-electron chi connectivity index (χ2n) is 5.87. The first-order chi connectivity index (χ1) is 9.35. The fourth-order valence-corrected chi connectivity index (χ4v) is 3.24. The van der Waals surface area contributed by atoms with Crippen LogP contribution in [-0.4, -0.2) is 16.3 Å². The van der Waals surface area contributed by atoms with Crippen LogP contribution in [0.25, 0.3) is 0 Å². The molecule has 0 aromatic carbocycles. The highest BCUT2D eigenvalue weighted by molar-refractivity contribution is 5.07. The molecule has 3 nitrogen and oxygen atoms in total. The number of aryl methyl sites for hydroxylation is 1. The van der Waals surface area contributed by atoms with E-state index in [1.54, 1.807) is 0 Å². The highest BCUT2D eigenvalue weighted by Gasteiger charge is 2.22. The quantitative estimate of drug-likeness (QED) is 0.770. The largest absolute Gasteiger partial charge is 0.309 e. The lowest BCUT2D eigenvalue weighted by Crippen LogP contribution is -2.26. The van der Waals surface area contributed by atoms with Crippen LogP contribution in [0.4, 0.5) is 0 Å². The van der Waals surface area contributed by atoms with Gasteiger partial charge < -0.3 is 5.32 Å². The normalized spacial score (nSPS) is 18.0. The van der Waals surface area contributed by atoms with Gasteiger partial charge >= 0.3 is 0 Å². The van der Waals surface area contributed by atoms with E-state index in [0.29, 0.717) is 6.04 Å². The molecular weight excluding hydrogens is 234 g/mol. The van der Waals surface area contributed by atoms with E-state index in [2.05, 4.69) is 35.0 Å². The summed E-state index contributed by atoms with van der Waals surface area (Å²) < 4.78 is 2.20. The molecule has 0 aliphatic heterocycles. The maximum absolute atomic E-state index is 4.49. The van der Waals surface area contributed by atoms with E-state index in [-0.39, 0.29) is 0 Å². The molecular formula is C16H29N3. The van der Waals surface area contributed by atoms with Gasteiger partial charge in [0.15, 0.2) is 0 Å². The van der Waals surface area contributed by atoms with Crippen molar-refractivity contribution in [2.45, 2.75) is 71.4 Å². The van der Waals surface area contributed by atoms with Crippen molar-refractivity contribution in [1.29, 1.82) is 0 Å². The minimum Gasteiger partial charge on any atom is -0.309 e. The van der Waals surface area contributed by atoms with Gasteiger partial charge in [-0.05, 0) is 37.8 Å². The van der Waals surface area contributed by atoms with E-state index in [0.717, 1.165) is 25.4 Å². The second-order valence-corrected chi connectivity index (χ2v) is 5.87. The molecule has 0 radical (unpaired) electrons. The second kappa shape index (κ2) is 7.68. The van der Waals surface area contributed by atoms with Crippen LogP contribution in [0.15, 0.2) is 12.3 Å². The lowest BCUT2D eigenvalue weighted by atomic mass is 9.96. The van der Waals surface area contributed by atoms with Gasteiger partial charge in [0, 0.05) is 18.8 Å². The zero-order valence-electron chi connectivity index (χ0n) is 12.6. The smallest absolute Gasteiger partial charge is 0.0553 e. The number of nitrogens with one attached hydrogen (secondary N) is 1. The Balaban J connectivity index is 2.03. The third-order valence-corrected chi connectivity index (χ3v) is 4.23. The molecule has 0 bridgehead atoms. The molecule has 3 heteroatoms. The Bertz CT molecular complexity index is 353. The zero-order chi connectivity index (χ0) is 13.5. The third-order valence-electron chi connectivity index (χ3n) is 4.23. The summed E-state index contributed by atoms with van der Waals surface area (Å²) in [5, 5.41) is 8.22. The molecule has 0 saturated heterocycles. The van der Waals surface area contributed by atoms with E-state index < -0.39 is 0 Å². The average Bonchev–Trinajstić information content (AvgIpc) is 3.06.